The van der Waals surface area contributed by atoms with Crippen molar-refractivity contribution in [1.29, 1.82) is 0 Å². The van der Waals surface area contributed by atoms with Gasteiger partial charge in [0.2, 0.25) is 0 Å². The summed E-state index contributed by atoms with van der Waals surface area (Å²) in [6, 6.07) is 20.4. The number of hydrogen-bond donors (Lipinski definition) is 1. The fourth-order valence-corrected chi connectivity index (χ4v) is 3.33. The van der Waals surface area contributed by atoms with Crippen LogP contribution < -0.4 is 14.9 Å². The highest BCUT2D eigenvalue weighted by molar-refractivity contribution is 9.10. The maximum absolute atomic E-state index is 12.6. The van der Waals surface area contributed by atoms with E-state index in [0.29, 0.717) is 23.7 Å². The SMILES string of the molecule is COc1ccc(Br)c(/C=N\NC(=O)c2ccccc2OCc2cccc(Br)c2)c1. The molecule has 0 radical (unpaired) electrons. The number of hydrazone groups is 1. The minimum absolute atomic E-state index is 0.351. The maximum atomic E-state index is 12.6. The third-order valence-electron chi connectivity index (χ3n) is 3.99. The molecular weight excluding hydrogens is 500 g/mol. The van der Waals surface area contributed by atoms with Gasteiger partial charge in [0.25, 0.3) is 5.91 Å². The van der Waals surface area contributed by atoms with Gasteiger partial charge in [-0.15, -0.1) is 0 Å². The lowest BCUT2D eigenvalue weighted by molar-refractivity contribution is 0.0950. The summed E-state index contributed by atoms with van der Waals surface area (Å²) >= 11 is 6.89. The molecule has 0 fully saturated rings. The van der Waals surface area contributed by atoms with Crippen LogP contribution in [0.15, 0.2) is 80.8 Å². The van der Waals surface area contributed by atoms with Crippen LogP contribution in [0.3, 0.4) is 0 Å². The molecule has 1 amide bonds. The van der Waals surface area contributed by atoms with E-state index in [0.717, 1.165) is 20.1 Å². The Morgan fingerprint density at radius 2 is 1.90 bits per heavy atom. The number of para-hydroxylation sites is 1. The lowest BCUT2D eigenvalue weighted by Gasteiger charge is -2.10. The third-order valence-corrected chi connectivity index (χ3v) is 5.20. The van der Waals surface area contributed by atoms with Crippen LogP contribution in [0.2, 0.25) is 0 Å². The minimum atomic E-state index is -0.356. The Kier molecular flexibility index (Phi) is 7.43. The number of ether oxygens (including phenoxy) is 2. The lowest BCUT2D eigenvalue weighted by atomic mass is 10.2. The van der Waals surface area contributed by atoms with E-state index in [-0.39, 0.29) is 5.91 Å². The first-order chi connectivity index (χ1) is 14.1. The average Bonchev–Trinajstić information content (AvgIpc) is 2.74. The summed E-state index contributed by atoms with van der Waals surface area (Å²) < 4.78 is 12.9. The number of hydrogen-bond acceptors (Lipinski definition) is 4. The summed E-state index contributed by atoms with van der Waals surface area (Å²) in [5.74, 6) is 0.833. The Labute approximate surface area is 186 Å². The van der Waals surface area contributed by atoms with Gasteiger partial charge in [0.1, 0.15) is 18.1 Å². The number of nitrogens with one attached hydrogen (secondary N) is 1. The molecule has 1 N–H and O–H groups in total. The molecule has 0 aliphatic carbocycles. The standard InChI is InChI=1S/C22H18Br2N2O3/c1-28-18-9-10-20(24)16(12-18)13-25-26-22(27)19-7-2-3-8-21(19)29-14-15-5-4-6-17(23)11-15/h2-13H,14H2,1H3,(H,26,27)/b25-13-. The Balaban J connectivity index is 1.68. The van der Waals surface area contributed by atoms with Crippen LogP contribution >= 0.6 is 31.9 Å². The van der Waals surface area contributed by atoms with E-state index in [2.05, 4.69) is 42.4 Å². The van der Waals surface area contributed by atoms with Crippen molar-refractivity contribution in [2.75, 3.05) is 7.11 Å². The quantitative estimate of drug-likeness (QED) is 0.329. The van der Waals surface area contributed by atoms with Crippen molar-refractivity contribution in [3.8, 4) is 11.5 Å². The molecule has 3 rings (SSSR count). The van der Waals surface area contributed by atoms with Crippen LogP contribution in [-0.2, 0) is 6.61 Å². The van der Waals surface area contributed by atoms with Gasteiger partial charge in [-0.3, -0.25) is 4.79 Å². The second-order valence-electron chi connectivity index (χ2n) is 6.00. The number of methoxy groups -OCH3 is 1. The molecule has 0 unspecified atom stereocenters. The zero-order chi connectivity index (χ0) is 20.6. The normalized spacial score (nSPS) is 10.7. The summed E-state index contributed by atoms with van der Waals surface area (Å²) in [5, 5.41) is 4.05. The second-order valence-corrected chi connectivity index (χ2v) is 7.77. The zero-order valence-electron chi connectivity index (χ0n) is 15.6. The van der Waals surface area contributed by atoms with Crippen molar-refractivity contribution in [3.63, 3.8) is 0 Å². The average molecular weight is 518 g/mol. The van der Waals surface area contributed by atoms with E-state index < -0.39 is 0 Å². The van der Waals surface area contributed by atoms with Gasteiger partial charge in [0, 0.05) is 14.5 Å². The topological polar surface area (TPSA) is 59.9 Å². The molecule has 0 heterocycles. The molecule has 7 heteroatoms. The van der Waals surface area contributed by atoms with Crippen LogP contribution in [0.4, 0.5) is 0 Å². The van der Waals surface area contributed by atoms with Crippen LogP contribution in [0.5, 0.6) is 11.5 Å². The Hall–Kier alpha value is -2.64. The van der Waals surface area contributed by atoms with Crippen molar-refractivity contribution in [2.45, 2.75) is 6.61 Å². The van der Waals surface area contributed by atoms with Crippen LogP contribution in [0.25, 0.3) is 0 Å². The van der Waals surface area contributed by atoms with Gasteiger partial charge in [-0.1, -0.05) is 56.1 Å². The third kappa shape index (κ3) is 5.92. The highest BCUT2D eigenvalue weighted by Gasteiger charge is 2.12. The van der Waals surface area contributed by atoms with Crippen LogP contribution in [0.1, 0.15) is 21.5 Å². The molecular formula is C22H18Br2N2O3. The number of benzene rings is 3. The van der Waals surface area contributed by atoms with E-state index >= 15 is 0 Å². The molecule has 0 atom stereocenters. The van der Waals surface area contributed by atoms with Crippen molar-refractivity contribution in [1.82, 2.24) is 5.43 Å². The summed E-state index contributed by atoms with van der Waals surface area (Å²) in [5.41, 5.74) is 4.73. The molecule has 0 aliphatic heterocycles. The summed E-state index contributed by atoms with van der Waals surface area (Å²) in [6.07, 6.45) is 1.55. The smallest absolute Gasteiger partial charge is 0.275 e. The lowest BCUT2D eigenvalue weighted by Crippen LogP contribution is -2.18. The van der Waals surface area contributed by atoms with E-state index in [1.165, 1.54) is 0 Å². The molecule has 0 spiro atoms. The summed E-state index contributed by atoms with van der Waals surface area (Å²) in [7, 11) is 1.59. The molecule has 0 saturated heterocycles. The Bertz CT molecular complexity index is 1040. The van der Waals surface area contributed by atoms with Crippen molar-refractivity contribution in [3.05, 3.63) is 92.4 Å². The summed E-state index contributed by atoms with van der Waals surface area (Å²) in [6.45, 7) is 0.351. The van der Waals surface area contributed by atoms with E-state index in [4.69, 9.17) is 9.47 Å². The first kappa shape index (κ1) is 21.1. The number of rotatable bonds is 7. The minimum Gasteiger partial charge on any atom is -0.497 e. The van der Waals surface area contributed by atoms with Gasteiger partial charge < -0.3 is 9.47 Å². The molecule has 0 aliphatic rings. The number of carbonyl (C=O) groups excluding carboxylic acids is 1. The van der Waals surface area contributed by atoms with Gasteiger partial charge in [0.15, 0.2) is 0 Å². The zero-order valence-corrected chi connectivity index (χ0v) is 18.7. The van der Waals surface area contributed by atoms with Crippen molar-refractivity contribution in [2.24, 2.45) is 5.10 Å². The van der Waals surface area contributed by atoms with E-state index in [1.807, 2.05) is 48.5 Å². The predicted molar refractivity (Wildman–Crippen MR) is 121 cm³/mol. The molecule has 0 aromatic heterocycles. The monoisotopic (exact) mass is 516 g/mol. The molecule has 29 heavy (non-hydrogen) atoms. The number of carbonyl (C=O) groups is 1. The number of amides is 1. The fraction of sp³-hybridized carbons (Fsp3) is 0.0909. The predicted octanol–water partition coefficient (Wildman–Crippen LogP) is 5.56. The van der Waals surface area contributed by atoms with Gasteiger partial charge >= 0.3 is 0 Å². The van der Waals surface area contributed by atoms with E-state index in [9.17, 15) is 4.79 Å². The first-order valence-electron chi connectivity index (χ1n) is 8.70. The molecule has 3 aromatic rings. The van der Waals surface area contributed by atoms with Crippen LogP contribution in [-0.4, -0.2) is 19.2 Å². The molecule has 0 saturated carbocycles. The van der Waals surface area contributed by atoms with Gasteiger partial charge in [-0.05, 0) is 48.0 Å². The van der Waals surface area contributed by atoms with Gasteiger partial charge in [-0.2, -0.15) is 5.10 Å². The van der Waals surface area contributed by atoms with Gasteiger partial charge in [-0.25, -0.2) is 5.43 Å². The van der Waals surface area contributed by atoms with Crippen LogP contribution in [0, 0.1) is 0 Å². The first-order valence-corrected chi connectivity index (χ1v) is 10.3. The van der Waals surface area contributed by atoms with Crippen molar-refractivity contribution >= 4 is 44.0 Å². The van der Waals surface area contributed by atoms with Gasteiger partial charge in [0.05, 0.1) is 18.9 Å². The number of halogens is 2. The molecule has 3 aromatic carbocycles. The highest BCUT2D eigenvalue weighted by Crippen LogP contribution is 2.22. The Morgan fingerprint density at radius 1 is 1.07 bits per heavy atom. The molecule has 0 bridgehead atoms. The maximum Gasteiger partial charge on any atom is 0.275 e. The number of nitrogens with zero attached hydrogens (tertiary/aromatic N) is 1. The molecule has 148 valence electrons. The summed E-state index contributed by atoms with van der Waals surface area (Å²) in [4.78, 5) is 12.6. The largest absolute Gasteiger partial charge is 0.497 e. The highest BCUT2D eigenvalue weighted by atomic mass is 79.9. The fourth-order valence-electron chi connectivity index (χ4n) is 2.54. The van der Waals surface area contributed by atoms with E-state index in [1.54, 1.807) is 31.5 Å². The molecule has 5 nitrogen and oxygen atoms in total. The van der Waals surface area contributed by atoms with Crippen molar-refractivity contribution < 1.29 is 14.3 Å². The second kappa shape index (κ2) is 10.2. The Morgan fingerprint density at radius 3 is 2.69 bits per heavy atom.